The average Bonchev–Trinajstić information content (AvgIpc) is 2.59. The van der Waals surface area contributed by atoms with E-state index in [-0.39, 0.29) is 28.3 Å². The van der Waals surface area contributed by atoms with Gasteiger partial charge in [-0.15, -0.1) is 0 Å². The fraction of sp³-hybridized carbons (Fsp3) is 0.450. The van der Waals surface area contributed by atoms with Gasteiger partial charge in [-0.25, -0.2) is 0 Å². The lowest BCUT2D eigenvalue weighted by atomic mass is 10.0. The summed E-state index contributed by atoms with van der Waals surface area (Å²) >= 11 is 1.08. The van der Waals surface area contributed by atoms with Gasteiger partial charge in [0.05, 0.1) is 11.3 Å². The summed E-state index contributed by atoms with van der Waals surface area (Å²) in [6, 6.07) is 7.71. The van der Waals surface area contributed by atoms with Crippen LogP contribution in [0.2, 0.25) is 0 Å². The highest BCUT2D eigenvalue weighted by molar-refractivity contribution is 7.99. The summed E-state index contributed by atoms with van der Waals surface area (Å²) in [6.07, 6.45) is 1.27. The zero-order valence-electron chi connectivity index (χ0n) is 16.2. The summed E-state index contributed by atoms with van der Waals surface area (Å²) < 4.78 is 0. The molecule has 27 heavy (non-hydrogen) atoms. The van der Waals surface area contributed by atoms with Gasteiger partial charge in [0.25, 0.3) is 5.56 Å². The zero-order valence-corrected chi connectivity index (χ0v) is 17.0. The summed E-state index contributed by atoms with van der Waals surface area (Å²) in [5, 5.41) is 13.1. The first-order valence-corrected chi connectivity index (χ1v) is 10.1. The lowest BCUT2D eigenvalue weighted by Gasteiger charge is -2.09. The van der Waals surface area contributed by atoms with Crippen LogP contribution in [0, 0.1) is 5.92 Å². The minimum absolute atomic E-state index is 0.0830. The first-order chi connectivity index (χ1) is 12.8. The van der Waals surface area contributed by atoms with E-state index >= 15 is 0 Å². The van der Waals surface area contributed by atoms with Crippen LogP contribution in [0.3, 0.4) is 0 Å². The Bertz CT molecular complexity index is 829. The zero-order chi connectivity index (χ0) is 20.0. The molecule has 0 aliphatic heterocycles. The van der Waals surface area contributed by atoms with Gasteiger partial charge >= 0.3 is 0 Å². The van der Waals surface area contributed by atoms with E-state index in [0.29, 0.717) is 23.8 Å². The monoisotopic (exact) mass is 389 g/mol. The molecule has 0 unspecified atom stereocenters. The summed E-state index contributed by atoms with van der Waals surface area (Å²) in [5.41, 5.74) is 1.87. The Hall–Kier alpha value is -2.28. The van der Waals surface area contributed by atoms with Crippen molar-refractivity contribution in [2.45, 2.75) is 51.6 Å². The van der Waals surface area contributed by atoms with E-state index in [1.54, 1.807) is 0 Å². The molecule has 0 bridgehead atoms. The van der Waals surface area contributed by atoms with Crippen molar-refractivity contribution in [3.8, 4) is 5.88 Å². The Morgan fingerprint density at radius 3 is 2.44 bits per heavy atom. The summed E-state index contributed by atoms with van der Waals surface area (Å²) in [7, 11) is 0. The number of nitrogens with one attached hydrogen (secondary N) is 2. The lowest BCUT2D eigenvalue weighted by Crippen LogP contribution is -2.18. The third kappa shape index (κ3) is 6.43. The van der Waals surface area contributed by atoms with Crippen LogP contribution < -0.4 is 10.9 Å². The normalized spacial score (nSPS) is 11.2. The van der Waals surface area contributed by atoms with Crippen LogP contribution >= 0.6 is 11.8 Å². The van der Waals surface area contributed by atoms with Crippen molar-refractivity contribution in [3.63, 3.8) is 0 Å². The van der Waals surface area contributed by atoms with E-state index < -0.39 is 0 Å². The quantitative estimate of drug-likeness (QED) is 0.470. The van der Waals surface area contributed by atoms with Gasteiger partial charge in [0.2, 0.25) is 11.8 Å². The highest BCUT2D eigenvalue weighted by Crippen LogP contribution is 2.20. The van der Waals surface area contributed by atoms with Gasteiger partial charge in [0, 0.05) is 5.69 Å². The molecule has 7 heteroatoms. The molecule has 0 fully saturated rings. The maximum absolute atomic E-state index is 12.1. The molecule has 0 spiro atoms. The van der Waals surface area contributed by atoms with Crippen LogP contribution in [0.25, 0.3) is 0 Å². The van der Waals surface area contributed by atoms with Gasteiger partial charge in [-0.1, -0.05) is 51.6 Å². The van der Waals surface area contributed by atoms with Crippen molar-refractivity contribution in [1.29, 1.82) is 0 Å². The van der Waals surface area contributed by atoms with Crippen LogP contribution in [0.5, 0.6) is 5.88 Å². The molecule has 0 atom stereocenters. The lowest BCUT2D eigenvalue weighted by molar-refractivity contribution is -0.113. The topological polar surface area (TPSA) is 95.1 Å². The van der Waals surface area contributed by atoms with Crippen LogP contribution in [0.1, 0.15) is 51.2 Å². The minimum Gasteiger partial charge on any atom is -0.493 e. The van der Waals surface area contributed by atoms with Gasteiger partial charge in [-0.05, 0) is 42.4 Å². The number of carbonyl (C=O) groups excluding carboxylic acids is 1. The molecule has 1 aromatic carbocycles. The second kappa shape index (κ2) is 9.60. The maximum atomic E-state index is 12.1. The van der Waals surface area contributed by atoms with Gasteiger partial charge in [0.1, 0.15) is 0 Å². The molecule has 0 radical (unpaired) electrons. The third-order valence-electron chi connectivity index (χ3n) is 4.14. The molecule has 3 N–H and O–H groups in total. The molecule has 6 nitrogen and oxygen atoms in total. The number of aromatic nitrogens is 2. The predicted octanol–water partition coefficient (Wildman–Crippen LogP) is 3.92. The van der Waals surface area contributed by atoms with Crippen LogP contribution in [0.15, 0.2) is 34.2 Å². The van der Waals surface area contributed by atoms with Crippen molar-refractivity contribution in [2.24, 2.45) is 5.92 Å². The Kier molecular flexibility index (Phi) is 7.47. The molecule has 2 aromatic rings. The molecule has 0 aliphatic carbocycles. The number of aromatic amines is 1. The highest BCUT2D eigenvalue weighted by atomic mass is 32.2. The van der Waals surface area contributed by atoms with Crippen molar-refractivity contribution in [1.82, 2.24) is 9.97 Å². The fourth-order valence-corrected chi connectivity index (χ4v) is 3.13. The second-order valence-corrected chi connectivity index (χ2v) is 8.18. The number of H-pyrrole nitrogens is 1. The number of anilines is 1. The summed E-state index contributed by atoms with van der Waals surface area (Å²) in [5.74, 6) is 0.482. The Balaban J connectivity index is 1.93. The van der Waals surface area contributed by atoms with Gasteiger partial charge in [-0.3, -0.25) is 9.59 Å². The summed E-state index contributed by atoms with van der Waals surface area (Å²) in [4.78, 5) is 30.9. The van der Waals surface area contributed by atoms with E-state index in [0.717, 1.165) is 23.9 Å². The SMILES string of the molecule is CC(C)CCc1c(O)nc(SCC(=O)Nc2ccc(C(C)C)cc2)[nH]c1=O. The van der Waals surface area contributed by atoms with Crippen molar-refractivity contribution >= 4 is 23.4 Å². The highest BCUT2D eigenvalue weighted by Gasteiger charge is 2.13. The number of rotatable bonds is 8. The molecule has 1 aromatic heterocycles. The van der Waals surface area contributed by atoms with E-state index in [2.05, 4.69) is 43.0 Å². The van der Waals surface area contributed by atoms with Crippen LogP contribution in [-0.2, 0) is 11.2 Å². The number of hydrogen-bond acceptors (Lipinski definition) is 5. The Morgan fingerprint density at radius 1 is 1.22 bits per heavy atom. The molecular formula is C20H27N3O3S. The third-order valence-corrected chi connectivity index (χ3v) is 5.02. The van der Waals surface area contributed by atoms with Crippen molar-refractivity contribution < 1.29 is 9.90 Å². The van der Waals surface area contributed by atoms with Crippen molar-refractivity contribution in [2.75, 3.05) is 11.1 Å². The van der Waals surface area contributed by atoms with E-state index in [1.165, 1.54) is 5.56 Å². The first-order valence-electron chi connectivity index (χ1n) is 9.11. The summed E-state index contributed by atoms with van der Waals surface area (Å²) in [6.45, 7) is 8.33. The molecule has 1 amide bonds. The van der Waals surface area contributed by atoms with E-state index in [1.807, 2.05) is 24.3 Å². The fourth-order valence-electron chi connectivity index (χ4n) is 2.47. The number of amides is 1. The second-order valence-electron chi connectivity index (χ2n) is 7.22. The first kappa shape index (κ1) is 21.0. The Labute approximate surface area is 163 Å². The predicted molar refractivity (Wildman–Crippen MR) is 110 cm³/mol. The molecule has 0 aliphatic rings. The standard InChI is InChI=1S/C20H27N3O3S/c1-12(2)5-10-16-18(25)22-20(23-19(16)26)27-11-17(24)21-15-8-6-14(7-9-15)13(3)4/h6-9,12-13H,5,10-11H2,1-4H3,(H,21,24)(H2,22,23,25,26). The minimum atomic E-state index is -0.352. The molecule has 1 heterocycles. The van der Waals surface area contributed by atoms with Gasteiger partial charge < -0.3 is 15.4 Å². The number of hydrogen-bond donors (Lipinski definition) is 3. The smallest absolute Gasteiger partial charge is 0.258 e. The number of thioether (sulfide) groups is 1. The van der Waals surface area contributed by atoms with E-state index in [9.17, 15) is 14.7 Å². The maximum Gasteiger partial charge on any atom is 0.258 e. The largest absolute Gasteiger partial charge is 0.493 e. The van der Waals surface area contributed by atoms with E-state index in [4.69, 9.17) is 0 Å². The number of nitrogens with zero attached hydrogens (tertiary/aromatic N) is 1. The van der Waals surface area contributed by atoms with Crippen LogP contribution in [-0.4, -0.2) is 26.7 Å². The molecule has 0 saturated carbocycles. The Morgan fingerprint density at radius 2 is 1.89 bits per heavy atom. The molecule has 2 rings (SSSR count). The average molecular weight is 390 g/mol. The molecular weight excluding hydrogens is 362 g/mol. The van der Waals surface area contributed by atoms with Gasteiger partial charge in [0.15, 0.2) is 5.16 Å². The number of aromatic hydroxyl groups is 1. The van der Waals surface area contributed by atoms with Crippen molar-refractivity contribution in [3.05, 3.63) is 45.7 Å². The number of carbonyl (C=O) groups is 1. The van der Waals surface area contributed by atoms with Crippen LogP contribution in [0.4, 0.5) is 5.69 Å². The molecule has 0 saturated heterocycles. The van der Waals surface area contributed by atoms with Gasteiger partial charge in [-0.2, -0.15) is 4.98 Å². The number of benzene rings is 1. The molecule has 146 valence electrons.